The lowest BCUT2D eigenvalue weighted by Crippen LogP contribution is -2.34. The van der Waals surface area contributed by atoms with Crippen molar-refractivity contribution in [2.24, 2.45) is 5.92 Å². The Morgan fingerprint density at radius 3 is 2.19 bits per heavy atom. The molecule has 0 aliphatic heterocycles. The fourth-order valence-corrected chi connectivity index (χ4v) is 3.11. The van der Waals surface area contributed by atoms with Gasteiger partial charge in [-0.2, -0.15) is 0 Å². The van der Waals surface area contributed by atoms with E-state index in [4.69, 9.17) is 0 Å². The van der Waals surface area contributed by atoms with Gasteiger partial charge in [0.2, 0.25) is 5.91 Å². The van der Waals surface area contributed by atoms with Crippen molar-refractivity contribution in [3.05, 3.63) is 71.3 Å². The molecule has 26 heavy (non-hydrogen) atoms. The SMILES string of the molecule is CC[C@@H](C)[C@@H](C(=O)N(C)Cc1ccc(C(=O)NC)cc1)c1ccccc1. The number of nitrogens with zero attached hydrogens (tertiary/aromatic N) is 1. The normalized spacial score (nSPS) is 12.9. The third kappa shape index (κ3) is 4.72. The van der Waals surface area contributed by atoms with Gasteiger partial charge in [-0.15, -0.1) is 0 Å². The van der Waals surface area contributed by atoms with Crippen molar-refractivity contribution in [1.82, 2.24) is 10.2 Å². The van der Waals surface area contributed by atoms with Crippen LogP contribution in [0.4, 0.5) is 0 Å². The fraction of sp³-hybridized carbons (Fsp3) is 0.364. The average molecular weight is 352 g/mol. The summed E-state index contributed by atoms with van der Waals surface area (Å²) in [5, 5.41) is 2.61. The first-order valence-corrected chi connectivity index (χ1v) is 9.08. The summed E-state index contributed by atoms with van der Waals surface area (Å²) >= 11 is 0. The van der Waals surface area contributed by atoms with Crippen LogP contribution in [0.1, 0.15) is 47.7 Å². The minimum Gasteiger partial charge on any atom is -0.355 e. The quantitative estimate of drug-likeness (QED) is 0.823. The zero-order valence-corrected chi connectivity index (χ0v) is 16.0. The first kappa shape index (κ1) is 19.7. The maximum Gasteiger partial charge on any atom is 0.251 e. The van der Waals surface area contributed by atoms with Gasteiger partial charge in [-0.25, -0.2) is 0 Å². The van der Waals surface area contributed by atoms with E-state index in [1.165, 1.54) is 0 Å². The van der Waals surface area contributed by atoms with Gasteiger partial charge in [0.15, 0.2) is 0 Å². The molecule has 0 radical (unpaired) electrons. The van der Waals surface area contributed by atoms with Crippen molar-refractivity contribution in [3.8, 4) is 0 Å². The van der Waals surface area contributed by atoms with Gasteiger partial charge in [-0.3, -0.25) is 9.59 Å². The van der Waals surface area contributed by atoms with Gasteiger partial charge in [-0.05, 0) is 29.2 Å². The fourth-order valence-electron chi connectivity index (χ4n) is 3.11. The van der Waals surface area contributed by atoms with E-state index in [-0.39, 0.29) is 23.7 Å². The number of carbonyl (C=O) groups excluding carboxylic acids is 2. The molecule has 2 amide bonds. The first-order valence-electron chi connectivity index (χ1n) is 9.08. The Balaban J connectivity index is 2.14. The smallest absolute Gasteiger partial charge is 0.251 e. The lowest BCUT2D eigenvalue weighted by atomic mass is 9.84. The Kier molecular flexibility index (Phi) is 6.96. The van der Waals surface area contributed by atoms with Crippen LogP contribution in [0.15, 0.2) is 54.6 Å². The minimum atomic E-state index is -0.142. The summed E-state index contributed by atoms with van der Waals surface area (Å²) in [6.45, 7) is 4.76. The summed E-state index contributed by atoms with van der Waals surface area (Å²) in [5.74, 6) is 0.141. The molecule has 2 aromatic rings. The Morgan fingerprint density at radius 1 is 1.04 bits per heavy atom. The van der Waals surface area contributed by atoms with Gasteiger partial charge in [0.25, 0.3) is 5.91 Å². The van der Waals surface area contributed by atoms with Crippen LogP contribution >= 0.6 is 0 Å². The molecule has 138 valence electrons. The van der Waals surface area contributed by atoms with E-state index in [1.54, 1.807) is 24.1 Å². The first-order chi connectivity index (χ1) is 12.5. The summed E-state index contributed by atoms with van der Waals surface area (Å²) in [6.07, 6.45) is 0.944. The van der Waals surface area contributed by atoms with Crippen LogP contribution in [-0.4, -0.2) is 30.8 Å². The van der Waals surface area contributed by atoms with Crippen LogP contribution in [0.5, 0.6) is 0 Å². The molecular formula is C22H28N2O2. The second-order valence-electron chi connectivity index (χ2n) is 6.74. The molecule has 0 unspecified atom stereocenters. The van der Waals surface area contributed by atoms with Gasteiger partial charge in [0.05, 0.1) is 5.92 Å². The summed E-state index contributed by atoms with van der Waals surface area (Å²) in [6, 6.07) is 17.4. The molecule has 0 aromatic heterocycles. The summed E-state index contributed by atoms with van der Waals surface area (Å²) < 4.78 is 0. The summed E-state index contributed by atoms with van der Waals surface area (Å²) in [4.78, 5) is 26.5. The molecule has 0 aliphatic rings. The number of rotatable bonds is 7. The molecule has 0 fully saturated rings. The number of likely N-dealkylation sites (N-methyl/N-ethyl adjacent to an activating group) is 1. The summed E-state index contributed by atoms with van der Waals surface area (Å²) in [7, 11) is 3.45. The van der Waals surface area contributed by atoms with Crippen LogP contribution in [0.3, 0.4) is 0 Å². The second kappa shape index (κ2) is 9.18. The number of nitrogens with one attached hydrogen (secondary N) is 1. The molecule has 2 aromatic carbocycles. The lowest BCUT2D eigenvalue weighted by molar-refractivity contribution is -0.133. The Bertz CT molecular complexity index is 726. The maximum absolute atomic E-state index is 13.1. The predicted octanol–water partition coefficient (Wildman–Crippen LogP) is 3.83. The molecule has 0 heterocycles. The molecule has 0 spiro atoms. The van der Waals surface area contributed by atoms with Gasteiger partial charge in [0, 0.05) is 26.2 Å². The minimum absolute atomic E-state index is 0.109. The van der Waals surface area contributed by atoms with Gasteiger partial charge < -0.3 is 10.2 Å². The number of hydrogen-bond acceptors (Lipinski definition) is 2. The lowest BCUT2D eigenvalue weighted by Gasteiger charge is -2.28. The van der Waals surface area contributed by atoms with E-state index in [0.717, 1.165) is 17.5 Å². The third-order valence-corrected chi connectivity index (χ3v) is 4.88. The Morgan fingerprint density at radius 2 is 1.65 bits per heavy atom. The van der Waals surface area contributed by atoms with Gasteiger partial charge in [0.1, 0.15) is 0 Å². The van der Waals surface area contributed by atoms with Crippen LogP contribution < -0.4 is 5.32 Å². The van der Waals surface area contributed by atoms with Gasteiger partial charge in [-0.1, -0.05) is 62.7 Å². The molecule has 4 heteroatoms. The van der Waals surface area contributed by atoms with E-state index in [1.807, 2.05) is 49.5 Å². The zero-order valence-electron chi connectivity index (χ0n) is 16.0. The van der Waals surface area contributed by atoms with Crippen molar-refractivity contribution in [1.29, 1.82) is 0 Å². The number of carbonyl (C=O) groups is 2. The standard InChI is InChI=1S/C22H28N2O2/c1-5-16(2)20(18-9-7-6-8-10-18)22(26)24(4)15-17-11-13-19(14-12-17)21(25)23-3/h6-14,16,20H,5,15H2,1-4H3,(H,23,25)/t16-,20-/m1/s1. The van der Waals surface area contributed by atoms with E-state index in [0.29, 0.717) is 12.1 Å². The van der Waals surface area contributed by atoms with Crippen molar-refractivity contribution >= 4 is 11.8 Å². The Hall–Kier alpha value is -2.62. The third-order valence-electron chi connectivity index (χ3n) is 4.88. The molecule has 0 saturated carbocycles. The van der Waals surface area contributed by atoms with Crippen LogP contribution in [0.2, 0.25) is 0 Å². The number of hydrogen-bond donors (Lipinski definition) is 1. The van der Waals surface area contributed by atoms with Crippen molar-refractivity contribution in [2.45, 2.75) is 32.7 Å². The molecule has 0 aliphatic carbocycles. The van der Waals surface area contributed by atoms with E-state index >= 15 is 0 Å². The van der Waals surface area contributed by atoms with Crippen molar-refractivity contribution in [2.75, 3.05) is 14.1 Å². The van der Waals surface area contributed by atoms with E-state index in [9.17, 15) is 9.59 Å². The monoisotopic (exact) mass is 352 g/mol. The highest BCUT2D eigenvalue weighted by molar-refractivity contribution is 5.94. The van der Waals surface area contributed by atoms with Crippen LogP contribution in [0.25, 0.3) is 0 Å². The summed E-state index contributed by atoms with van der Waals surface area (Å²) in [5.41, 5.74) is 2.69. The molecular weight excluding hydrogens is 324 g/mol. The van der Waals surface area contributed by atoms with Gasteiger partial charge >= 0.3 is 0 Å². The highest BCUT2D eigenvalue weighted by Gasteiger charge is 2.28. The topological polar surface area (TPSA) is 49.4 Å². The molecule has 2 atom stereocenters. The molecule has 2 rings (SSSR count). The second-order valence-corrected chi connectivity index (χ2v) is 6.74. The van der Waals surface area contributed by atoms with E-state index in [2.05, 4.69) is 19.2 Å². The molecule has 0 bridgehead atoms. The van der Waals surface area contributed by atoms with Crippen molar-refractivity contribution in [3.63, 3.8) is 0 Å². The van der Waals surface area contributed by atoms with Crippen molar-refractivity contribution < 1.29 is 9.59 Å². The Labute approximate surface area is 156 Å². The largest absolute Gasteiger partial charge is 0.355 e. The number of benzene rings is 2. The molecule has 4 nitrogen and oxygen atoms in total. The van der Waals surface area contributed by atoms with Crippen LogP contribution in [-0.2, 0) is 11.3 Å². The highest BCUT2D eigenvalue weighted by Crippen LogP contribution is 2.29. The maximum atomic E-state index is 13.1. The molecule has 0 saturated heterocycles. The molecule has 1 N–H and O–H groups in total. The average Bonchev–Trinajstić information content (AvgIpc) is 2.68. The predicted molar refractivity (Wildman–Crippen MR) is 105 cm³/mol. The zero-order chi connectivity index (χ0) is 19.1. The van der Waals surface area contributed by atoms with Crippen LogP contribution in [0, 0.1) is 5.92 Å². The number of amides is 2. The van der Waals surface area contributed by atoms with E-state index < -0.39 is 0 Å². The highest BCUT2D eigenvalue weighted by atomic mass is 16.2.